The van der Waals surface area contributed by atoms with Gasteiger partial charge in [-0.1, -0.05) is 13.0 Å². The molecule has 1 amide bonds. The van der Waals surface area contributed by atoms with Crippen molar-refractivity contribution in [1.29, 1.82) is 0 Å². The third-order valence-corrected chi connectivity index (χ3v) is 6.63. The van der Waals surface area contributed by atoms with E-state index in [1.807, 2.05) is 11.8 Å². The number of sulfonamides is 1. The second-order valence-corrected chi connectivity index (χ2v) is 8.07. The van der Waals surface area contributed by atoms with Crippen LogP contribution in [0.15, 0.2) is 21.7 Å². The number of rotatable bonds is 6. The van der Waals surface area contributed by atoms with Gasteiger partial charge in [0, 0.05) is 32.7 Å². The Morgan fingerprint density at radius 1 is 1.33 bits per heavy atom. The van der Waals surface area contributed by atoms with Crippen molar-refractivity contribution in [3.8, 4) is 0 Å². The highest BCUT2D eigenvalue weighted by Crippen LogP contribution is 2.21. The number of carbonyl (C=O) groups excluding carboxylic acids is 1. The van der Waals surface area contributed by atoms with Gasteiger partial charge in [-0.15, -0.1) is 11.3 Å². The lowest BCUT2D eigenvalue weighted by atomic mass is 10.3. The van der Waals surface area contributed by atoms with Gasteiger partial charge in [-0.2, -0.15) is 4.31 Å². The minimum Gasteiger partial charge on any atom is -0.355 e. The number of amides is 1. The van der Waals surface area contributed by atoms with E-state index in [-0.39, 0.29) is 5.91 Å². The monoisotopic (exact) mass is 331 g/mol. The van der Waals surface area contributed by atoms with Crippen LogP contribution in [-0.4, -0.2) is 62.8 Å². The summed E-state index contributed by atoms with van der Waals surface area (Å²) in [7, 11) is -3.36. The smallest absolute Gasteiger partial charge is 0.252 e. The number of hydrogen-bond acceptors (Lipinski definition) is 5. The lowest BCUT2D eigenvalue weighted by Crippen LogP contribution is -2.50. The molecular weight excluding hydrogens is 310 g/mol. The van der Waals surface area contributed by atoms with Crippen LogP contribution >= 0.6 is 11.3 Å². The third kappa shape index (κ3) is 4.26. The number of nitrogens with one attached hydrogen (secondary N) is 1. The molecule has 0 unspecified atom stereocenters. The van der Waals surface area contributed by atoms with Crippen LogP contribution in [0.1, 0.15) is 13.3 Å². The van der Waals surface area contributed by atoms with Crippen molar-refractivity contribution < 1.29 is 13.2 Å². The molecule has 21 heavy (non-hydrogen) atoms. The van der Waals surface area contributed by atoms with Gasteiger partial charge in [0.15, 0.2) is 0 Å². The number of hydrogen-bond donors (Lipinski definition) is 1. The molecule has 1 aromatic heterocycles. The van der Waals surface area contributed by atoms with Crippen LogP contribution < -0.4 is 5.32 Å². The van der Waals surface area contributed by atoms with Crippen LogP contribution in [0.3, 0.4) is 0 Å². The summed E-state index contributed by atoms with van der Waals surface area (Å²) in [6, 6.07) is 3.37. The predicted molar refractivity (Wildman–Crippen MR) is 82.8 cm³/mol. The van der Waals surface area contributed by atoms with Crippen LogP contribution in [0.25, 0.3) is 0 Å². The quantitative estimate of drug-likeness (QED) is 0.828. The highest BCUT2D eigenvalue weighted by atomic mass is 32.2. The van der Waals surface area contributed by atoms with Crippen molar-refractivity contribution in [2.24, 2.45) is 0 Å². The molecule has 8 heteroatoms. The fourth-order valence-corrected chi connectivity index (χ4v) is 4.76. The minimum absolute atomic E-state index is 0.00594. The first-order chi connectivity index (χ1) is 10.0. The van der Waals surface area contributed by atoms with Crippen molar-refractivity contribution in [1.82, 2.24) is 14.5 Å². The Hall–Kier alpha value is -0.960. The number of carbonyl (C=O) groups is 1. The number of piperazine rings is 1. The normalized spacial score (nSPS) is 17.8. The topological polar surface area (TPSA) is 69.7 Å². The summed E-state index contributed by atoms with van der Waals surface area (Å²) in [5.41, 5.74) is 0. The van der Waals surface area contributed by atoms with E-state index in [4.69, 9.17) is 0 Å². The zero-order valence-corrected chi connectivity index (χ0v) is 13.8. The minimum atomic E-state index is -3.36. The second kappa shape index (κ2) is 7.35. The highest BCUT2D eigenvalue weighted by molar-refractivity contribution is 7.91. The summed E-state index contributed by atoms with van der Waals surface area (Å²) in [6.07, 6.45) is 0.915. The average Bonchev–Trinajstić information content (AvgIpc) is 3.00. The lowest BCUT2D eigenvalue weighted by Gasteiger charge is -2.33. The molecule has 0 radical (unpaired) electrons. The van der Waals surface area contributed by atoms with Gasteiger partial charge in [-0.05, 0) is 17.9 Å². The second-order valence-electron chi connectivity index (χ2n) is 4.96. The van der Waals surface area contributed by atoms with Crippen LogP contribution in [0.5, 0.6) is 0 Å². The molecule has 1 aromatic rings. The van der Waals surface area contributed by atoms with Crippen molar-refractivity contribution in [3.05, 3.63) is 17.5 Å². The van der Waals surface area contributed by atoms with Gasteiger partial charge < -0.3 is 5.32 Å². The van der Waals surface area contributed by atoms with Gasteiger partial charge in [0.1, 0.15) is 4.21 Å². The zero-order valence-electron chi connectivity index (χ0n) is 12.1. The summed E-state index contributed by atoms with van der Waals surface area (Å²) < 4.78 is 26.6. The molecule has 1 aliphatic rings. The van der Waals surface area contributed by atoms with Crippen LogP contribution in [0.2, 0.25) is 0 Å². The highest BCUT2D eigenvalue weighted by Gasteiger charge is 2.29. The molecule has 1 saturated heterocycles. The van der Waals surface area contributed by atoms with E-state index >= 15 is 0 Å². The number of nitrogens with zero attached hydrogens (tertiary/aromatic N) is 2. The summed E-state index contributed by atoms with van der Waals surface area (Å²) in [6.45, 7) is 5.07. The zero-order chi connectivity index (χ0) is 15.3. The maximum Gasteiger partial charge on any atom is 0.252 e. The predicted octanol–water partition coefficient (Wildman–Crippen LogP) is 0.581. The first-order valence-corrected chi connectivity index (χ1v) is 9.38. The molecular formula is C13H21N3O3S2. The van der Waals surface area contributed by atoms with E-state index < -0.39 is 10.0 Å². The van der Waals surface area contributed by atoms with E-state index in [1.54, 1.807) is 17.5 Å². The maximum absolute atomic E-state index is 12.4. The first-order valence-electron chi connectivity index (χ1n) is 7.06. The van der Waals surface area contributed by atoms with Crippen molar-refractivity contribution >= 4 is 27.3 Å². The van der Waals surface area contributed by atoms with Crippen LogP contribution in [0.4, 0.5) is 0 Å². The molecule has 1 N–H and O–H groups in total. The molecule has 1 aliphatic heterocycles. The number of thiophene rings is 1. The molecule has 2 heterocycles. The van der Waals surface area contributed by atoms with E-state index in [0.29, 0.717) is 43.5 Å². The van der Waals surface area contributed by atoms with Gasteiger partial charge in [-0.25, -0.2) is 8.42 Å². The van der Waals surface area contributed by atoms with Gasteiger partial charge in [0.25, 0.3) is 10.0 Å². The largest absolute Gasteiger partial charge is 0.355 e. The maximum atomic E-state index is 12.4. The third-order valence-electron chi connectivity index (χ3n) is 3.36. The van der Waals surface area contributed by atoms with Crippen LogP contribution in [0, 0.1) is 0 Å². The molecule has 2 rings (SSSR count). The molecule has 6 nitrogen and oxygen atoms in total. The summed E-state index contributed by atoms with van der Waals surface area (Å²) in [5, 5.41) is 4.60. The van der Waals surface area contributed by atoms with Gasteiger partial charge in [-0.3, -0.25) is 9.69 Å². The van der Waals surface area contributed by atoms with Gasteiger partial charge in [0.05, 0.1) is 6.54 Å². The Morgan fingerprint density at radius 2 is 2.05 bits per heavy atom. The van der Waals surface area contributed by atoms with Crippen molar-refractivity contribution in [2.75, 3.05) is 39.3 Å². The fraction of sp³-hybridized carbons (Fsp3) is 0.615. The van der Waals surface area contributed by atoms with Gasteiger partial charge >= 0.3 is 0 Å². The summed E-state index contributed by atoms with van der Waals surface area (Å²) >= 11 is 1.24. The Labute approximate surface area is 129 Å². The molecule has 0 bridgehead atoms. The average molecular weight is 331 g/mol. The van der Waals surface area contributed by atoms with E-state index in [9.17, 15) is 13.2 Å². The van der Waals surface area contributed by atoms with E-state index in [0.717, 1.165) is 6.42 Å². The molecule has 0 atom stereocenters. The Kier molecular flexibility index (Phi) is 5.74. The first kappa shape index (κ1) is 16.4. The molecule has 0 saturated carbocycles. The Bertz CT molecular complexity index is 549. The summed E-state index contributed by atoms with van der Waals surface area (Å²) in [4.78, 5) is 13.6. The standard InChI is InChI=1S/C13H21N3O3S2/c1-2-5-14-12(17)11-15-6-8-16(9-7-15)21(18,19)13-4-3-10-20-13/h3-4,10H,2,5-9,11H2,1H3,(H,14,17). The Morgan fingerprint density at radius 3 is 2.62 bits per heavy atom. The molecule has 0 spiro atoms. The van der Waals surface area contributed by atoms with Crippen LogP contribution in [-0.2, 0) is 14.8 Å². The molecule has 0 aromatic carbocycles. The summed E-state index contributed by atoms with van der Waals surface area (Å²) in [5.74, 6) is 0.00594. The van der Waals surface area contributed by atoms with Gasteiger partial charge in [0.2, 0.25) is 5.91 Å². The van der Waals surface area contributed by atoms with Crippen molar-refractivity contribution in [3.63, 3.8) is 0 Å². The van der Waals surface area contributed by atoms with E-state index in [1.165, 1.54) is 15.6 Å². The van der Waals surface area contributed by atoms with E-state index in [2.05, 4.69) is 5.32 Å². The Balaban J connectivity index is 1.85. The molecule has 0 aliphatic carbocycles. The molecule has 1 fully saturated rings. The van der Waals surface area contributed by atoms with Crippen molar-refractivity contribution in [2.45, 2.75) is 17.6 Å². The SMILES string of the molecule is CCCNC(=O)CN1CCN(S(=O)(=O)c2cccs2)CC1. The molecule has 118 valence electrons. The lowest BCUT2D eigenvalue weighted by molar-refractivity contribution is -0.122. The fourth-order valence-electron chi connectivity index (χ4n) is 2.19.